The molecule has 0 saturated carbocycles. The molecule has 0 aliphatic carbocycles. The minimum Gasteiger partial charge on any atom is -0.378 e. The summed E-state index contributed by atoms with van der Waals surface area (Å²) in [7, 11) is 0. The Morgan fingerprint density at radius 2 is 1.60 bits per heavy atom. The Morgan fingerprint density at radius 1 is 1.04 bits per heavy atom. The number of ether oxygens (including phenoxy) is 2. The smallest absolute Gasteiger partial charge is 0.378 e. The van der Waals surface area contributed by atoms with Crippen LogP contribution in [0.3, 0.4) is 0 Å². The summed E-state index contributed by atoms with van der Waals surface area (Å²) in [6.45, 7) is 2.02. The first-order valence-corrected chi connectivity index (χ1v) is 7.46. The molecule has 0 saturated heterocycles. The molecule has 7 nitrogen and oxygen atoms in total. The van der Waals surface area contributed by atoms with Gasteiger partial charge in [0.1, 0.15) is 0 Å². The second-order valence-electron chi connectivity index (χ2n) is 5.02. The zero-order valence-corrected chi connectivity index (χ0v) is 13.4. The molecule has 0 fully saturated rings. The third-order valence-corrected chi connectivity index (χ3v) is 3.11. The van der Waals surface area contributed by atoms with E-state index in [0.29, 0.717) is 26.4 Å². The highest BCUT2D eigenvalue weighted by Gasteiger charge is 2.54. The Kier molecular flexibility index (Phi) is 8.26. The van der Waals surface area contributed by atoms with E-state index in [1.165, 1.54) is 0 Å². The molecular weight excluding hydrogens is 345 g/mol. The van der Waals surface area contributed by atoms with Crippen LogP contribution in [0.5, 0.6) is 0 Å². The van der Waals surface area contributed by atoms with Gasteiger partial charge in [-0.25, -0.2) is 0 Å². The standard InChI is InChI=1S/C15H21F3N2O5/c16-15(17,18)14(22,23)12-3-1-11(2-4-12)13(21)20-6-8-25-10-9-24-7-5-19/h1-4,22-23H,5-10,19H2,(H,20,21). The molecule has 0 aromatic heterocycles. The van der Waals surface area contributed by atoms with Crippen LogP contribution >= 0.6 is 0 Å². The maximum Gasteiger partial charge on any atom is 0.447 e. The van der Waals surface area contributed by atoms with Crippen molar-refractivity contribution >= 4 is 5.91 Å². The zero-order chi connectivity index (χ0) is 18.9. The minimum atomic E-state index is -5.25. The number of hydrogen-bond acceptors (Lipinski definition) is 6. The Morgan fingerprint density at radius 3 is 2.12 bits per heavy atom. The van der Waals surface area contributed by atoms with Gasteiger partial charge in [0.15, 0.2) is 0 Å². The molecule has 1 amide bonds. The number of carbonyl (C=O) groups excluding carboxylic acids is 1. The molecule has 0 aliphatic rings. The number of amides is 1. The third-order valence-electron chi connectivity index (χ3n) is 3.11. The summed E-state index contributed by atoms with van der Waals surface area (Å²) in [5, 5.41) is 20.8. The van der Waals surface area contributed by atoms with Crippen molar-refractivity contribution in [3.05, 3.63) is 35.4 Å². The SMILES string of the molecule is NCCOCCOCCNC(=O)c1ccc(C(O)(O)C(F)(F)F)cc1. The summed E-state index contributed by atoms with van der Waals surface area (Å²) in [6.07, 6.45) is -5.25. The van der Waals surface area contributed by atoms with Gasteiger partial charge in [-0.15, -0.1) is 0 Å². The van der Waals surface area contributed by atoms with Crippen LogP contribution in [0.25, 0.3) is 0 Å². The fourth-order valence-corrected chi connectivity index (χ4v) is 1.76. The van der Waals surface area contributed by atoms with Crippen molar-refractivity contribution in [2.45, 2.75) is 12.0 Å². The van der Waals surface area contributed by atoms with Crippen molar-refractivity contribution in [3.63, 3.8) is 0 Å². The van der Waals surface area contributed by atoms with E-state index in [4.69, 9.17) is 25.4 Å². The van der Waals surface area contributed by atoms with Crippen molar-refractivity contribution < 1.29 is 37.7 Å². The number of hydrogen-bond donors (Lipinski definition) is 4. The lowest BCUT2D eigenvalue weighted by atomic mass is 10.0. The number of aliphatic hydroxyl groups is 2. The number of carbonyl (C=O) groups is 1. The number of halogens is 3. The second kappa shape index (κ2) is 9.68. The number of alkyl halides is 3. The molecule has 0 heterocycles. The fraction of sp³-hybridized carbons (Fsp3) is 0.533. The molecule has 0 unspecified atom stereocenters. The first-order chi connectivity index (χ1) is 11.7. The van der Waals surface area contributed by atoms with Crippen molar-refractivity contribution in [2.75, 3.05) is 39.5 Å². The van der Waals surface area contributed by atoms with E-state index < -0.39 is 23.4 Å². The van der Waals surface area contributed by atoms with Gasteiger partial charge in [-0.2, -0.15) is 13.2 Å². The van der Waals surface area contributed by atoms with Gasteiger partial charge in [-0.05, 0) is 12.1 Å². The summed E-state index contributed by atoms with van der Waals surface area (Å²) in [5.74, 6) is -4.50. The van der Waals surface area contributed by atoms with Gasteiger partial charge in [0, 0.05) is 24.2 Å². The Bertz CT molecular complexity index is 535. The topological polar surface area (TPSA) is 114 Å². The quantitative estimate of drug-likeness (QED) is 0.345. The number of rotatable bonds is 10. The van der Waals surface area contributed by atoms with Gasteiger partial charge in [-0.1, -0.05) is 12.1 Å². The van der Waals surface area contributed by atoms with Crippen LogP contribution in [0.4, 0.5) is 13.2 Å². The van der Waals surface area contributed by atoms with Crippen LogP contribution in [-0.4, -0.2) is 61.8 Å². The molecule has 1 aromatic rings. The van der Waals surface area contributed by atoms with Gasteiger partial charge in [0.05, 0.1) is 26.4 Å². The summed E-state index contributed by atoms with van der Waals surface area (Å²) in [4.78, 5) is 11.8. The van der Waals surface area contributed by atoms with Gasteiger partial charge in [0.2, 0.25) is 0 Å². The molecule has 0 aliphatic heterocycles. The molecule has 1 rings (SSSR count). The van der Waals surface area contributed by atoms with Gasteiger partial charge in [-0.3, -0.25) is 4.79 Å². The van der Waals surface area contributed by atoms with E-state index in [9.17, 15) is 18.0 Å². The van der Waals surface area contributed by atoms with Crippen LogP contribution in [0, 0.1) is 0 Å². The summed E-state index contributed by atoms with van der Waals surface area (Å²) in [5.41, 5.74) is 4.53. The van der Waals surface area contributed by atoms with E-state index in [1.54, 1.807) is 0 Å². The van der Waals surface area contributed by atoms with Crippen LogP contribution in [-0.2, 0) is 15.3 Å². The number of benzene rings is 1. The lowest BCUT2D eigenvalue weighted by molar-refractivity contribution is -0.358. The van der Waals surface area contributed by atoms with Gasteiger partial charge < -0.3 is 30.7 Å². The Hall–Kier alpha value is -1.72. The van der Waals surface area contributed by atoms with E-state index >= 15 is 0 Å². The maximum atomic E-state index is 12.5. The fourth-order valence-electron chi connectivity index (χ4n) is 1.76. The van der Waals surface area contributed by atoms with E-state index in [2.05, 4.69) is 5.32 Å². The molecular formula is C15H21F3N2O5. The van der Waals surface area contributed by atoms with E-state index in [0.717, 1.165) is 24.3 Å². The molecule has 10 heteroatoms. The summed E-state index contributed by atoms with van der Waals surface area (Å²) < 4.78 is 47.8. The molecule has 0 radical (unpaired) electrons. The minimum absolute atomic E-state index is 0.0769. The molecule has 5 N–H and O–H groups in total. The lowest BCUT2D eigenvalue weighted by Gasteiger charge is -2.24. The van der Waals surface area contributed by atoms with Gasteiger partial charge >= 0.3 is 6.18 Å². The van der Waals surface area contributed by atoms with Crippen LogP contribution in [0.15, 0.2) is 24.3 Å². The normalized spacial score (nSPS) is 12.2. The predicted octanol–water partition coefficient (Wildman–Crippen LogP) is 0.108. The summed E-state index contributed by atoms with van der Waals surface area (Å²) in [6, 6.07) is 3.79. The highest BCUT2D eigenvalue weighted by Crippen LogP contribution is 2.36. The average molecular weight is 366 g/mol. The first kappa shape index (κ1) is 21.3. The summed E-state index contributed by atoms with van der Waals surface area (Å²) >= 11 is 0. The van der Waals surface area contributed by atoms with Crippen LogP contribution < -0.4 is 11.1 Å². The number of nitrogens with two attached hydrogens (primary N) is 1. The highest BCUT2D eigenvalue weighted by atomic mass is 19.4. The molecule has 0 atom stereocenters. The van der Waals surface area contributed by atoms with Gasteiger partial charge in [0.25, 0.3) is 11.7 Å². The van der Waals surface area contributed by atoms with Crippen molar-refractivity contribution in [2.24, 2.45) is 5.73 Å². The second-order valence-corrected chi connectivity index (χ2v) is 5.02. The molecule has 142 valence electrons. The van der Waals surface area contributed by atoms with E-state index in [-0.39, 0.29) is 18.7 Å². The molecule has 25 heavy (non-hydrogen) atoms. The first-order valence-electron chi connectivity index (χ1n) is 7.46. The van der Waals surface area contributed by atoms with Crippen molar-refractivity contribution in [1.82, 2.24) is 5.32 Å². The monoisotopic (exact) mass is 366 g/mol. The maximum absolute atomic E-state index is 12.5. The average Bonchev–Trinajstić information content (AvgIpc) is 2.56. The Labute approximate surface area is 142 Å². The third kappa shape index (κ3) is 6.59. The Balaban J connectivity index is 2.40. The zero-order valence-electron chi connectivity index (χ0n) is 13.4. The van der Waals surface area contributed by atoms with Crippen molar-refractivity contribution in [3.8, 4) is 0 Å². The lowest BCUT2D eigenvalue weighted by Crippen LogP contribution is -2.42. The van der Waals surface area contributed by atoms with Crippen LogP contribution in [0.1, 0.15) is 15.9 Å². The predicted molar refractivity (Wildman–Crippen MR) is 81.6 cm³/mol. The largest absolute Gasteiger partial charge is 0.447 e. The highest BCUT2D eigenvalue weighted by molar-refractivity contribution is 5.94. The molecule has 0 bridgehead atoms. The number of nitrogens with one attached hydrogen (secondary N) is 1. The van der Waals surface area contributed by atoms with Crippen molar-refractivity contribution in [1.29, 1.82) is 0 Å². The molecule has 1 aromatic carbocycles. The molecule has 0 spiro atoms. The van der Waals surface area contributed by atoms with E-state index in [1.807, 2.05) is 0 Å². The van der Waals surface area contributed by atoms with Crippen LogP contribution in [0.2, 0.25) is 0 Å².